The number of rotatable bonds is 3. The highest BCUT2D eigenvalue weighted by Crippen LogP contribution is 2.42. The van der Waals surface area contributed by atoms with Gasteiger partial charge in [0.1, 0.15) is 11.4 Å². The van der Waals surface area contributed by atoms with E-state index in [9.17, 15) is 9.90 Å². The third kappa shape index (κ3) is 2.08. The van der Waals surface area contributed by atoms with Crippen LogP contribution in [0.25, 0.3) is 0 Å². The lowest BCUT2D eigenvalue weighted by molar-refractivity contribution is -0.144. The largest absolute Gasteiger partial charge is 0.481 e. The molecule has 0 saturated carbocycles. The quantitative estimate of drug-likeness (QED) is 0.901. The van der Waals surface area contributed by atoms with Crippen molar-refractivity contribution in [2.75, 3.05) is 0 Å². The zero-order chi connectivity index (χ0) is 13.3. The second-order valence-electron chi connectivity index (χ2n) is 4.79. The van der Waals surface area contributed by atoms with Crippen molar-refractivity contribution in [1.82, 2.24) is 0 Å². The summed E-state index contributed by atoms with van der Waals surface area (Å²) in [5.74, 6) is -0.0939. The van der Waals surface area contributed by atoms with Gasteiger partial charge in [-0.2, -0.15) is 0 Å². The average molecular weight is 254 g/mol. The van der Waals surface area contributed by atoms with Gasteiger partial charge in [0.2, 0.25) is 0 Å². The van der Waals surface area contributed by atoms with Crippen LogP contribution in [0.15, 0.2) is 66.0 Å². The van der Waals surface area contributed by atoms with Crippen LogP contribution in [-0.4, -0.2) is 11.1 Å². The van der Waals surface area contributed by atoms with E-state index in [0.717, 1.165) is 16.9 Å². The summed E-state index contributed by atoms with van der Waals surface area (Å²) in [5.41, 5.74) is 1.14. The van der Waals surface area contributed by atoms with E-state index >= 15 is 0 Å². The van der Waals surface area contributed by atoms with Crippen molar-refractivity contribution in [3.05, 3.63) is 71.5 Å². The molecule has 1 heterocycles. The lowest BCUT2D eigenvalue weighted by Crippen LogP contribution is -2.34. The molecule has 3 rings (SSSR count). The van der Waals surface area contributed by atoms with Crippen LogP contribution in [0.4, 0.5) is 0 Å². The topological polar surface area (TPSA) is 46.5 Å². The van der Waals surface area contributed by atoms with E-state index in [1.165, 1.54) is 0 Å². The average Bonchev–Trinajstić information content (AvgIpc) is 2.86. The zero-order valence-corrected chi connectivity index (χ0v) is 10.4. The Labute approximate surface area is 111 Å². The van der Waals surface area contributed by atoms with Gasteiger partial charge in [0.05, 0.1) is 6.42 Å². The number of hydrogen-bond acceptors (Lipinski definition) is 2. The molecule has 3 heteroatoms. The molecular formula is C16H14O3. The SMILES string of the molecule is O=C(O)CC1(c2ccccc2)CC=C2C=CC=C2O1. The molecule has 96 valence electrons. The van der Waals surface area contributed by atoms with Crippen LogP contribution in [0.3, 0.4) is 0 Å². The van der Waals surface area contributed by atoms with Crippen molar-refractivity contribution in [3.63, 3.8) is 0 Å². The molecule has 1 aromatic rings. The summed E-state index contributed by atoms with van der Waals surface area (Å²) in [4.78, 5) is 11.2. The van der Waals surface area contributed by atoms with Crippen molar-refractivity contribution in [1.29, 1.82) is 0 Å². The second-order valence-corrected chi connectivity index (χ2v) is 4.79. The minimum Gasteiger partial charge on any atom is -0.481 e. The van der Waals surface area contributed by atoms with Crippen LogP contribution in [0, 0.1) is 0 Å². The molecule has 0 spiro atoms. The highest BCUT2D eigenvalue weighted by molar-refractivity contribution is 5.69. The molecule has 1 atom stereocenters. The Hall–Kier alpha value is -2.29. The molecule has 0 aromatic heterocycles. The Morgan fingerprint density at radius 2 is 2.11 bits per heavy atom. The molecule has 1 aromatic carbocycles. The number of carboxylic acid groups (broad SMARTS) is 1. The summed E-state index contributed by atoms with van der Waals surface area (Å²) in [5, 5.41) is 9.20. The fourth-order valence-corrected chi connectivity index (χ4v) is 2.58. The number of aliphatic carboxylic acids is 1. The van der Waals surface area contributed by atoms with Gasteiger partial charge in [-0.05, 0) is 11.6 Å². The van der Waals surface area contributed by atoms with Gasteiger partial charge in [-0.3, -0.25) is 4.79 Å². The van der Waals surface area contributed by atoms with Gasteiger partial charge in [-0.1, -0.05) is 48.6 Å². The highest BCUT2D eigenvalue weighted by Gasteiger charge is 2.40. The van der Waals surface area contributed by atoms with Crippen LogP contribution in [-0.2, 0) is 15.1 Å². The molecular weight excluding hydrogens is 240 g/mol. The number of fused-ring (bicyclic) bond motifs is 1. The van der Waals surface area contributed by atoms with Crippen LogP contribution >= 0.6 is 0 Å². The van der Waals surface area contributed by atoms with Gasteiger partial charge in [-0.25, -0.2) is 0 Å². The fourth-order valence-electron chi connectivity index (χ4n) is 2.58. The van der Waals surface area contributed by atoms with Gasteiger partial charge in [0, 0.05) is 12.0 Å². The van der Waals surface area contributed by atoms with Crippen molar-refractivity contribution < 1.29 is 14.6 Å². The first-order valence-corrected chi connectivity index (χ1v) is 6.25. The fraction of sp³-hybridized carbons (Fsp3) is 0.188. The normalized spacial score (nSPS) is 24.2. The summed E-state index contributed by atoms with van der Waals surface area (Å²) in [6, 6.07) is 9.57. The molecule has 0 saturated heterocycles. The van der Waals surface area contributed by atoms with Crippen LogP contribution in [0.2, 0.25) is 0 Å². The second kappa shape index (κ2) is 4.43. The Kier molecular flexibility index (Phi) is 2.75. The van der Waals surface area contributed by atoms with E-state index in [1.54, 1.807) is 0 Å². The third-order valence-electron chi connectivity index (χ3n) is 3.50. The van der Waals surface area contributed by atoms with Crippen LogP contribution < -0.4 is 0 Å². The van der Waals surface area contributed by atoms with Crippen molar-refractivity contribution in [3.8, 4) is 0 Å². The van der Waals surface area contributed by atoms with Gasteiger partial charge in [0.15, 0.2) is 0 Å². The van der Waals surface area contributed by atoms with Gasteiger partial charge in [0.25, 0.3) is 0 Å². The molecule has 0 bridgehead atoms. The number of carbonyl (C=O) groups is 1. The smallest absolute Gasteiger partial charge is 0.307 e. The minimum atomic E-state index is -0.854. The first kappa shape index (κ1) is 11.8. The van der Waals surface area contributed by atoms with E-state index < -0.39 is 11.6 Å². The number of hydrogen-bond donors (Lipinski definition) is 1. The lowest BCUT2D eigenvalue weighted by Gasteiger charge is -2.37. The van der Waals surface area contributed by atoms with Crippen molar-refractivity contribution in [2.24, 2.45) is 0 Å². The predicted molar refractivity (Wildman–Crippen MR) is 71.4 cm³/mol. The molecule has 0 amide bonds. The van der Waals surface area contributed by atoms with E-state index in [0.29, 0.717) is 6.42 Å². The molecule has 1 N–H and O–H groups in total. The lowest BCUT2D eigenvalue weighted by atomic mass is 9.84. The van der Waals surface area contributed by atoms with Crippen molar-refractivity contribution >= 4 is 5.97 Å². The zero-order valence-electron chi connectivity index (χ0n) is 10.4. The Balaban J connectivity index is 2.02. The van der Waals surface area contributed by atoms with E-state index in [2.05, 4.69) is 6.08 Å². The van der Waals surface area contributed by atoms with E-state index in [4.69, 9.17) is 4.74 Å². The Morgan fingerprint density at radius 1 is 1.32 bits per heavy atom. The van der Waals surface area contributed by atoms with Gasteiger partial charge >= 0.3 is 5.97 Å². The predicted octanol–water partition coefficient (Wildman–Crippen LogP) is 3.16. The standard InChI is InChI=1S/C16H14O3/c17-15(18)11-16(13-6-2-1-3-7-13)10-9-12-5-4-8-14(12)19-16/h1-9H,10-11H2,(H,17,18). The highest BCUT2D eigenvalue weighted by atomic mass is 16.5. The molecule has 3 nitrogen and oxygen atoms in total. The molecule has 1 unspecified atom stereocenters. The third-order valence-corrected chi connectivity index (χ3v) is 3.50. The number of benzene rings is 1. The van der Waals surface area contributed by atoms with E-state index in [1.807, 2.05) is 48.6 Å². The maximum absolute atomic E-state index is 11.2. The number of carboxylic acids is 1. The van der Waals surface area contributed by atoms with Crippen LogP contribution in [0.5, 0.6) is 0 Å². The monoisotopic (exact) mass is 254 g/mol. The molecule has 19 heavy (non-hydrogen) atoms. The number of ether oxygens (including phenoxy) is 1. The summed E-state index contributed by atoms with van der Waals surface area (Å²) < 4.78 is 6.04. The van der Waals surface area contributed by atoms with E-state index in [-0.39, 0.29) is 6.42 Å². The summed E-state index contributed by atoms with van der Waals surface area (Å²) in [6.45, 7) is 0. The first-order valence-electron chi connectivity index (χ1n) is 6.25. The molecule has 1 aliphatic heterocycles. The van der Waals surface area contributed by atoms with Gasteiger partial charge in [-0.15, -0.1) is 0 Å². The first-order chi connectivity index (χ1) is 9.20. The Bertz CT molecular complexity index is 596. The summed E-state index contributed by atoms with van der Waals surface area (Å²) in [7, 11) is 0. The summed E-state index contributed by atoms with van der Waals surface area (Å²) >= 11 is 0. The van der Waals surface area contributed by atoms with Crippen molar-refractivity contribution in [2.45, 2.75) is 18.4 Å². The number of allylic oxidation sites excluding steroid dienone is 3. The molecule has 0 radical (unpaired) electrons. The maximum Gasteiger partial charge on any atom is 0.307 e. The summed E-state index contributed by atoms with van der Waals surface area (Å²) in [6.07, 6.45) is 8.35. The maximum atomic E-state index is 11.2. The molecule has 0 fully saturated rings. The Morgan fingerprint density at radius 3 is 2.84 bits per heavy atom. The van der Waals surface area contributed by atoms with Crippen LogP contribution in [0.1, 0.15) is 18.4 Å². The molecule has 1 aliphatic carbocycles. The minimum absolute atomic E-state index is 0.0435. The van der Waals surface area contributed by atoms with Gasteiger partial charge < -0.3 is 9.84 Å². The molecule has 2 aliphatic rings.